The lowest BCUT2D eigenvalue weighted by Gasteiger charge is -2.44. The molecule has 3 unspecified atom stereocenters. The number of amides is 1. The third-order valence-electron chi connectivity index (χ3n) is 8.70. The third kappa shape index (κ3) is 8.43. The van der Waals surface area contributed by atoms with Crippen molar-refractivity contribution in [1.82, 2.24) is 15.5 Å². The van der Waals surface area contributed by atoms with E-state index in [1.165, 1.54) is 17.3 Å². The van der Waals surface area contributed by atoms with E-state index in [1.807, 2.05) is 21.0 Å². The molecule has 1 amide bonds. The van der Waals surface area contributed by atoms with E-state index < -0.39 is 41.9 Å². The van der Waals surface area contributed by atoms with E-state index in [9.17, 15) is 20.1 Å². The van der Waals surface area contributed by atoms with E-state index in [-0.39, 0.29) is 23.2 Å². The van der Waals surface area contributed by atoms with Crippen LogP contribution in [0.1, 0.15) is 45.6 Å². The second-order valence-electron chi connectivity index (χ2n) is 12.9. The molecule has 3 saturated heterocycles. The number of aliphatic hydroxyl groups excluding tert-OH is 3. The maximum atomic E-state index is 13.9. The first-order valence-electron chi connectivity index (χ1n) is 15.3. The molecule has 1 aromatic carbocycles. The number of hydrogen-bond acceptors (Lipinski definition) is 10. The Hall–Kier alpha value is -0.890. The number of fused-ring (bicyclic) bond motifs is 1. The van der Waals surface area contributed by atoms with Crippen molar-refractivity contribution in [1.29, 1.82) is 0 Å². The first kappa shape index (κ1) is 34.0. The van der Waals surface area contributed by atoms with Gasteiger partial charge in [-0.15, -0.1) is 23.5 Å². The van der Waals surface area contributed by atoms with E-state index in [4.69, 9.17) is 9.47 Å². The number of nitrogens with zero attached hydrogens (tertiary/aromatic N) is 1. The summed E-state index contributed by atoms with van der Waals surface area (Å²) in [5.74, 6) is 1.30. The molecule has 0 radical (unpaired) electrons. The number of hydrogen-bond donors (Lipinski definition) is 5. The van der Waals surface area contributed by atoms with Crippen LogP contribution in [-0.4, -0.2) is 113 Å². The predicted molar refractivity (Wildman–Crippen MR) is 168 cm³/mol. The molecule has 11 heteroatoms. The maximum Gasteiger partial charge on any atom is 0.240 e. The third-order valence-corrected chi connectivity index (χ3v) is 10.8. The van der Waals surface area contributed by atoms with Crippen LogP contribution >= 0.6 is 23.5 Å². The molecular formula is C31H51N3O6S2. The van der Waals surface area contributed by atoms with Crippen LogP contribution in [0.15, 0.2) is 29.2 Å². The summed E-state index contributed by atoms with van der Waals surface area (Å²) in [6.07, 6.45) is -0.0983. The van der Waals surface area contributed by atoms with Crippen molar-refractivity contribution in [3.05, 3.63) is 29.8 Å². The van der Waals surface area contributed by atoms with Crippen LogP contribution in [0.4, 0.5) is 0 Å². The summed E-state index contributed by atoms with van der Waals surface area (Å²) in [4.78, 5) is 17.1. The summed E-state index contributed by atoms with van der Waals surface area (Å²) >= 11 is 2.85. The average molecular weight is 626 g/mol. The Labute approximate surface area is 259 Å². The van der Waals surface area contributed by atoms with Gasteiger partial charge < -0.3 is 40.3 Å². The number of ether oxygens (including phenoxy) is 2. The molecule has 0 bridgehead atoms. The number of benzene rings is 1. The molecule has 0 spiro atoms. The molecule has 11 atom stereocenters. The van der Waals surface area contributed by atoms with Gasteiger partial charge in [0.1, 0.15) is 35.9 Å². The molecule has 3 aliphatic rings. The fourth-order valence-corrected chi connectivity index (χ4v) is 8.46. The molecule has 0 aromatic heterocycles. The number of rotatable bonds is 11. The predicted octanol–water partition coefficient (Wildman–Crippen LogP) is 2.31. The summed E-state index contributed by atoms with van der Waals surface area (Å²) in [5, 5.41) is 38.7. The Balaban J connectivity index is 1.52. The molecule has 4 rings (SSSR count). The van der Waals surface area contributed by atoms with Crippen molar-refractivity contribution in [2.24, 2.45) is 17.8 Å². The highest BCUT2D eigenvalue weighted by molar-refractivity contribution is 8.00. The second-order valence-corrected chi connectivity index (χ2v) is 15.3. The van der Waals surface area contributed by atoms with E-state index in [2.05, 4.69) is 53.6 Å². The second kappa shape index (κ2) is 15.4. The normalized spacial score (nSPS) is 35.1. The van der Waals surface area contributed by atoms with E-state index in [1.54, 1.807) is 18.0 Å². The van der Waals surface area contributed by atoms with Crippen molar-refractivity contribution in [3.8, 4) is 0 Å². The Bertz CT molecular complexity index is 999. The molecule has 1 aromatic rings. The number of aliphatic hydroxyl groups is 3. The Morgan fingerprint density at radius 3 is 2.48 bits per heavy atom. The molecule has 3 aliphatic heterocycles. The van der Waals surface area contributed by atoms with Gasteiger partial charge in [0.05, 0.1) is 12.1 Å². The van der Waals surface area contributed by atoms with E-state index >= 15 is 0 Å². The van der Waals surface area contributed by atoms with E-state index in [0.29, 0.717) is 18.4 Å². The number of thioether (sulfide) groups is 2. The minimum atomic E-state index is -1.39. The van der Waals surface area contributed by atoms with Gasteiger partial charge in [-0.05, 0) is 75.1 Å². The van der Waals surface area contributed by atoms with Crippen molar-refractivity contribution in [2.45, 2.75) is 105 Å². The van der Waals surface area contributed by atoms with Crippen LogP contribution in [0.2, 0.25) is 0 Å². The molecule has 0 saturated carbocycles. The highest BCUT2D eigenvalue weighted by Crippen LogP contribution is 2.36. The fraction of sp³-hybridized carbons (Fsp3) is 0.774. The highest BCUT2D eigenvalue weighted by atomic mass is 32.2. The number of nitrogens with one attached hydrogen (secondary N) is 2. The number of carbonyl (C=O) groups excluding carboxylic acids is 1. The standard InChI is InChI=1S/C31H51N3O6S2/c1-17(2)13-20-11-12-39-28-21(14-20)15-32-24(28)30(38)33-23(29-26(36)25(35)27(37)31(40-29)41-6)18(3)42-22-9-7-19(8-10-22)16-34(4)5/h7-10,17-18,20-21,23-29,31-32,35-37H,11-16H2,1-6H3,(H,33,38)/t18-,20-,21-,23+,24-,25?,26?,27+,28+,29+,31?/m0/s1. The van der Waals surface area contributed by atoms with Crippen LogP contribution < -0.4 is 10.6 Å². The Morgan fingerprint density at radius 1 is 1.12 bits per heavy atom. The van der Waals surface area contributed by atoms with Crippen molar-refractivity contribution in [2.75, 3.05) is 33.5 Å². The topological polar surface area (TPSA) is 124 Å². The average Bonchev–Trinajstić information content (AvgIpc) is 3.22. The Kier molecular flexibility index (Phi) is 12.5. The van der Waals surface area contributed by atoms with Crippen molar-refractivity contribution >= 4 is 29.4 Å². The molecule has 0 aliphatic carbocycles. The zero-order valence-corrected chi connectivity index (χ0v) is 27.4. The monoisotopic (exact) mass is 625 g/mol. The smallest absolute Gasteiger partial charge is 0.240 e. The number of carbonyl (C=O) groups is 1. The Morgan fingerprint density at radius 2 is 1.83 bits per heavy atom. The highest BCUT2D eigenvalue weighted by Gasteiger charge is 2.50. The van der Waals surface area contributed by atoms with Crippen LogP contribution in [0.25, 0.3) is 0 Å². The van der Waals surface area contributed by atoms with Gasteiger partial charge in [-0.25, -0.2) is 0 Å². The minimum Gasteiger partial charge on any atom is -0.388 e. The quantitative estimate of drug-likeness (QED) is 0.234. The van der Waals surface area contributed by atoms with Gasteiger partial charge in [0.15, 0.2) is 0 Å². The van der Waals surface area contributed by atoms with Crippen molar-refractivity contribution < 1.29 is 29.6 Å². The lowest BCUT2D eigenvalue weighted by atomic mass is 9.85. The molecular weight excluding hydrogens is 574 g/mol. The minimum absolute atomic E-state index is 0.194. The van der Waals surface area contributed by atoms with Crippen LogP contribution in [-0.2, 0) is 20.8 Å². The molecule has 3 heterocycles. The summed E-state index contributed by atoms with van der Waals surface area (Å²) in [7, 11) is 4.07. The van der Waals surface area contributed by atoms with Gasteiger partial charge in [0, 0.05) is 29.8 Å². The molecule has 238 valence electrons. The largest absolute Gasteiger partial charge is 0.388 e. The summed E-state index contributed by atoms with van der Waals surface area (Å²) in [6, 6.07) is 7.17. The van der Waals surface area contributed by atoms with Gasteiger partial charge in [-0.1, -0.05) is 32.9 Å². The lowest BCUT2D eigenvalue weighted by Crippen LogP contribution is -2.65. The zero-order valence-electron chi connectivity index (χ0n) is 25.8. The van der Waals surface area contributed by atoms with Crippen LogP contribution in [0.5, 0.6) is 0 Å². The summed E-state index contributed by atoms with van der Waals surface area (Å²) in [6.45, 7) is 8.72. The zero-order chi connectivity index (χ0) is 30.6. The molecule has 42 heavy (non-hydrogen) atoms. The summed E-state index contributed by atoms with van der Waals surface area (Å²) < 4.78 is 12.5. The molecule has 9 nitrogen and oxygen atoms in total. The first-order valence-corrected chi connectivity index (χ1v) is 17.4. The van der Waals surface area contributed by atoms with Gasteiger partial charge in [0.25, 0.3) is 0 Å². The van der Waals surface area contributed by atoms with Crippen molar-refractivity contribution in [3.63, 3.8) is 0 Å². The van der Waals surface area contributed by atoms with Crippen LogP contribution in [0.3, 0.4) is 0 Å². The van der Waals surface area contributed by atoms with Gasteiger partial charge in [-0.3, -0.25) is 4.79 Å². The SMILES string of the molecule is CSC1O[C@H]([C@H](NC(=O)[C@H]2NC[C@@H]3C[C@H](CC(C)C)CCO[C@H]32)[C@H](C)Sc2ccc(CN(C)C)cc2)C(O)C(O)[C@H]1O. The van der Waals surface area contributed by atoms with Gasteiger partial charge in [-0.2, -0.15) is 0 Å². The molecule has 5 N–H and O–H groups in total. The first-order chi connectivity index (χ1) is 20.0. The molecule has 3 fully saturated rings. The van der Waals surface area contributed by atoms with Crippen LogP contribution in [0, 0.1) is 17.8 Å². The fourth-order valence-electron chi connectivity index (χ4n) is 6.68. The summed E-state index contributed by atoms with van der Waals surface area (Å²) in [5.41, 5.74) is 0.473. The lowest BCUT2D eigenvalue weighted by molar-refractivity contribution is -0.205. The maximum absolute atomic E-state index is 13.9. The van der Waals surface area contributed by atoms with Gasteiger partial charge in [0.2, 0.25) is 5.91 Å². The van der Waals surface area contributed by atoms with E-state index in [0.717, 1.165) is 37.2 Å². The van der Waals surface area contributed by atoms with Gasteiger partial charge >= 0.3 is 0 Å².